The van der Waals surface area contributed by atoms with Crippen molar-refractivity contribution in [1.29, 1.82) is 5.26 Å². The highest BCUT2D eigenvalue weighted by Gasteiger charge is 2.27. The van der Waals surface area contributed by atoms with E-state index in [0.29, 0.717) is 43.4 Å². The minimum atomic E-state index is -0.887. The zero-order chi connectivity index (χ0) is 19.2. The molecule has 0 aliphatic carbocycles. The summed E-state index contributed by atoms with van der Waals surface area (Å²) in [5, 5.41) is 18.9. The second-order valence-corrected chi connectivity index (χ2v) is 6.36. The first-order valence-electron chi connectivity index (χ1n) is 8.82. The minimum Gasteiger partial charge on any atom is -0.477 e. The maximum atomic E-state index is 9.68. The Kier molecular flexibility index (Phi) is 6.30. The molecule has 1 aliphatic heterocycles. The number of benzene rings is 1. The molecule has 0 amide bonds. The lowest BCUT2D eigenvalue weighted by Gasteiger charge is -2.11. The van der Waals surface area contributed by atoms with E-state index >= 15 is 0 Å². The summed E-state index contributed by atoms with van der Waals surface area (Å²) in [7, 11) is -0.887. The fraction of sp³-hybridized carbons (Fsp3) is 0.368. The SMILES string of the molecule is CC(C)OCCCOc1nc(Oc2ccc3c(c2)COB3O)ccc1C#N. The topological polar surface area (TPSA) is 93.8 Å². The highest BCUT2D eigenvalue weighted by Crippen LogP contribution is 2.25. The van der Waals surface area contributed by atoms with Crippen LogP contribution in [-0.2, 0) is 16.0 Å². The summed E-state index contributed by atoms with van der Waals surface area (Å²) in [5.74, 6) is 1.13. The lowest BCUT2D eigenvalue weighted by Crippen LogP contribution is -2.27. The van der Waals surface area contributed by atoms with Gasteiger partial charge in [-0.3, -0.25) is 0 Å². The Morgan fingerprint density at radius 2 is 2.15 bits per heavy atom. The van der Waals surface area contributed by atoms with Gasteiger partial charge in [0.1, 0.15) is 17.4 Å². The largest absolute Gasteiger partial charge is 0.491 e. The molecule has 0 fully saturated rings. The van der Waals surface area contributed by atoms with E-state index in [-0.39, 0.29) is 12.0 Å². The van der Waals surface area contributed by atoms with Crippen molar-refractivity contribution in [1.82, 2.24) is 4.98 Å². The Balaban J connectivity index is 1.65. The van der Waals surface area contributed by atoms with Crippen molar-refractivity contribution in [3.05, 3.63) is 41.5 Å². The maximum absolute atomic E-state index is 9.68. The summed E-state index contributed by atoms with van der Waals surface area (Å²) < 4.78 is 22.0. The number of hydrogen-bond acceptors (Lipinski definition) is 7. The van der Waals surface area contributed by atoms with Crippen LogP contribution in [0.5, 0.6) is 17.5 Å². The van der Waals surface area contributed by atoms with Crippen LogP contribution in [0.1, 0.15) is 31.4 Å². The van der Waals surface area contributed by atoms with E-state index in [2.05, 4.69) is 11.1 Å². The quantitative estimate of drug-likeness (QED) is 0.564. The third-order valence-electron chi connectivity index (χ3n) is 3.93. The van der Waals surface area contributed by atoms with Crippen molar-refractivity contribution in [3.63, 3.8) is 0 Å². The summed E-state index contributed by atoms with van der Waals surface area (Å²) >= 11 is 0. The van der Waals surface area contributed by atoms with Crippen LogP contribution >= 0.6 is 0 Å². The van der Waals surface area contributed by atoms with Gasteiger partial charge in [-0.15, -0.1) is 0 Å². The van der Waals surface area contributed by atoms with Crippen molar-refractivity contribution in [2.45, 2.75) is 33.0 Å². The summed E-state index contributed by atoms with van der Waals surface area (Å²) in [4.78, 5) is 4.29. The number of rotatable bonds is 8. The lowest BCUT2D eigenvalue weighted by molar-refractivity contribution is 0.0690. The Labute approximate surface area is 158 Å². The van der Waals surface area contributed by atoms with E-state index in [4.69, 9.17) is 18.9 Å². The molecule has 0 unspecified atom stereocenters. The number of nitrogens with zero attached hydrogens (tertiary/aromatic N) is 2. The van der Waals surface area contributed by atoms with Crippen LogP contribution in [0.2, 0.25) is 0 Å². The molecule has 0 saturated carbocycles. The molecule has 7 nitrogen and oxygen atoms in total. The van der Waals surface area contributed by atoms with E-state index < -0.39 is 7.12 Å². The first-order valence-corrected chi connectivity index (χ1v) is 8.82. The molecule has 1 aromatic carbocycles. The first-order chi connectivity index (χ1) is 13.1. The number of hydrogen-bond donors (Lipinski definition) is 1. The van der Waals surface area contributed by atoms with E-state index in [9.17, 15) is 10.3 Å². The third-order valence-corrected chi connectivity index (χ3v) is 3.93. The molecule has 8 heteroatoms. The molecule has 1 N–H and O–H groups in total. The van der Waals surface area contributed by atoms with Gasteiger partial charge in [-0.1, -0.05) is 6.07 Å². The van der Waals surface area contributed by atoms with Crippen LogP contribution in [0.3, 0.4) is 0 Å². The number of pyridine rings is 1. The summed E-state index contributed by atoms with van der Waals surface area (Å²) in [6, 6.07) is 10.6. The molecule has 2 heterocycles. The van der Waals surface area contributed by atoms with Crippen molar-refractivity contribution in [2.75, 3.05) is 13.2 Å². The Morgan fingerprint density at radius 3 is 2.93 bits per heavy atom. The molecular weight excluding hydrogens is 347 g/mol. The van der Waals surface area contributed by atoms with Gasteiger partial charge < -0.3 is 23.9 Å². The van der Waals surface area contributed by atoms with Gasteiger partial charge in [0.2, 0.25) is 11.8 Å². The standard InChI is InChI=1S/C19H21BN2O5/c1-13(2)24-8-3-9-25-19-14(11-21)4-7-18(22-19)27-16-5-6-17-15(10-16)12-26-20(17)23/h4-7,10,13,23H,3,8-9,12H2,1-2H3. The van der Waals surface area contributed by atoms with Gasteiger partial charge in [0.15, 0.2) is 0 Å². The smallest absolute Gasteiger partial charge is 0.477 e. The van der Waals surface area contributed by atoms with Crippen molar-refractivity contribution in [3.8, 4) is 23.6 Å². The van der Waals surface area contributed by atoms with Crippen molar-refractivity contribution < 1.29 is 23.9 Å². The number of fused-ring (bicyclic) bond motifs is 1. The van der Waals surface area contributed by atoms with Gasteiger partial charge in [0, 0.05) is 12.5 Å². The highest BCUT2D eigenvalue weighted by atomic mass is 16.5. The Hall–Kier alpha value is -2.60. The molecule has 0 radical (unpaired) electrons. The fourth-order valence-corrected chi connectivity index (χ4v) is 2.61. The second-order valence-electron chi connectivity index (χ2n) is 6.36. The van der Waals surface area contributed by atoms with Gasteiger partial charge in [0.25, 0.3) is 0 Å². The monoisotopic (exact) mass is 368 g/mol. The normalized spacial score (nSPS) is 12.8. The van der Waals surface area contributed by atoms with E-state index in [1.807, 2.05) is 13.8 Å². The molecule has 3 rings (SSSR count). The van der Waals surface area contributed by atoms with Crippen LogP contribution < -0.4 is 14.9 Å². The fourth-order valence-electron chi connectivity index (χ4n) is 2.61. The van der Waals surface area contributed by atoms with E-state index in [1.54, 1.807) is 30.3 Å². The Morgan fingerprint density at radius 1 is 1.30 bits per heavy atom. The minimum absolute atomic E-state index is 0.174. The summed E-state index contributed by atoms with van der Waals surface area (Å²) in [6.45, 7) is 5.26. The van der Waals surface area contributed by atoms with Crippen molar-refractivity contribution >= 4 is 12.6 Å². The molecule has 0 bridgehead atoms. The predicted molar refractivity (Wildman–Crippen MR) is 99.1 cm³/mol. The molecule has 0 atom stereocenters. The lowest BCUT2D eigenvalue weighted by atomic mass is 9.80. The highest BCUT2D eigenvalue weighted by molar-refractivity contribution is 6.61. The van der Waals surface area contributed by atoms with Crippen LogP contribution in [0.4, 0.5) is 0 Å². The molecule has 1 aromatic heterocycles. The molecule has 1 aliphatic rings. The first kappa shape index (κ1) is 19.2. The van der Waals surface area contributed by atoms with Crippen LogP contribution in [0.15, 0.2) is 30.3 Å². The molecule has 0 saturated heterocycles. The van der Waals surface area contributed by atoms with Crippen molar-refractivity contribution in [2.24, 2.45) is 0 Å². The average molecular weight is 368 g/mol. The molecule has 27 heavy (non-hydrogen) atoms. The predicted octanol–water partition coefficient (Wildman–Crippen LogP) is 2.16. The number of ether oxygens (including phenoxy) is 3. The zero-order valence-corrected chi connectivity index (χ0v) is 15.3. The van der Waals surface area contributed by atoms with Crippen LogP contribution in [-0.4, -0.2) is 36.4 Å². The molecule has 140 valence electrons. The third kappa shape index (κ3) is 4.98. The summed E-state index contributed by atoms with van der Waals surface area (Å²) in [5.41, 5.74) is 1.95. The van der Waals surface area contributed by atoms with Gasteiger partial charge in [0.05, 0.1) is 25.9 Å². The Bertz CT molecular complexity index is 837. The van der Waals surface area contributed by atoms with Gasteiger partial charge in [-0.05, 0) is 43.1 Å². The van der Waals surface area contributed by atoms with E-state index in [0.717, 1.165) is 11.0 Å². The molecule has 0 spiro atoms. The molecule has 2 aromatic rings. The number of nitriles is 1. The van der Waals surface area contributed by atoms with Crippen LogP contribution in [0.25, 0.3) is 0 Å². The van der Waals surface area contributed by atoms with Crippen LogP contribution in [0, 0.1) is 11.3 Å². The van der Waals surface area contributed by atoms with Gasteiger partial charge in [-0.25, -0.2) is 0 Å². The summed E-state index contributed by atoms with van der Waals surface area (Å²) in [6.07, 6.45) is 0.872. The van der Waals surface area contributed by atoms with Gasteiger partial charge in [-0.2, -0.15) is 10.2 Å². The molecular formula is C19H21BN2O5. The number of aromatic nitrogens is 1. The maximum Gasteiger partial charge on any atom is 0.491 e. The zero-order valence-electron chi connectivity index (χ0n) is 15.3. The second kappa shape index (κ2) is 8.86. The average Bonchev–Trinajstić information content (AvgIpc) is 3.02. The van der Waals surface area contributed by atoms with Gasteiger partial charge >= 0.3 is 7.12 Å². The van der Waals surface area contributed by atoms with E-state index in [1.165, 1.54) is 0 Å².